The third kappa shape index (κ3) is 4.60. The van der Waals surface area contributed by atoms with Crippen molar-refractivity contribution in [3.63, 3.8) is 0 Å². The minimum Gasteiger partial charge on any atom is -0.468 e. The van der Waals surface area contributed by atoms with E-state index in [9.17, 15) is 4.79 Å². The maximum atomic E-state index is 12.4. The Morgan fingerprint density at radius 1 is 1.39 bits per heavy atom. The molecule has 0 radical (unpaired) electrons. The lowest BCUT2D eigenvalue weighted by Crippen LogP contribution is -2.43. The van der Waals surface area contributed by atoms with E-state index in [1.54, 1.807) is 12.5 Å². The molecule has 148 valence electrons. The van der Waals surface area contributed by atoms with E-state index in [1.807, 2.05) is 18.2 Å². The number of aryl methyl sites for hydroxylation is 1. The summed E-state index contributed by atoms with van der Waals surface area (Å²) in [6.07, 6.45) is 4.26. The highest BCUT2D eigenvalue weighted by Gasteiger charge is 2.25. The summed E-state index contributed by atoms with van der Waals surface area (Å²) in [5.74, 6) is 1.60. The van der Waals surface area contributed by atoms with Crippen LogP contribution >= 0.6 is 15.9 Å². The van der Waals surface area contributed by atoms with E-state index < -0.39 is 0 Å². The van der Waals surface area contributed by atoms with Gasteiger partial charge in [-0.1, -0.05) is 0 Å². The van der Waals surface area contributed by atoms with E-state index in [0.717, 1.165) is 34.7 Å². The van der Waals surface area contributed by atoms with Crippen LogP contribution in [-0.4, -0.2) is 58.6 Å². The summed E-state index contributed by atoms with van der Waals surface area (Å²) in [6.45, 7) is 3.54. The monoisotopic (exact) mass is 447 g/mol. The van der Waals surface area contributed by atoms with Crippen LogP contribution in [0.1, 0.15) is 24.0 Å². The van der Waals surface area contributed by atoms with Crippen molar-refractivity contribution in [2.75, 3.05) is 32.8 Å². The molecular weight excluding hydrogens is 426 g/mol. The van der Waals surface area contributed by atoms with Gasteiger partial charge in [-0.3, -0.25) is 9.69 Å². The summed E-state index contributed by atoms with van der Waals surface area (Å²) < 4.78 is 11.9. The fraction of sp³-hybridized carbons (Fsp3) is 0.421. The average molecular weight is 448 g/mol. The quantitative estimate of drug-likeness (QED) is 0.577. The molecule has 0 unspecified atom stereocenters. The van der Waals surface area contributed by atoms with Crippen molar-refractivity contribution in [3.05, 3.63) is 46.7 Å². The van der Waals surface area contributed by atoms with Gasteiger partial charge in [-0.25, -0.2) is 9.97 Å². The van der Waals surface area contributed by atoms with Gasteiger partial charge in [0.05, 0.1) is 31.0 Å². The van der Waals surface area contributed by atoms with E-state index in [0.29, 0.717) is 38.2 Å². The van der Waals surface area contributed by atoms with E-state index >= 15 is 0 Å². The number of imidazole rings is 1. The van der Waals surface area contributed by atoms with Crippen LogP contribution in [-0.2, 0) is 16.0 Å². The van der Waals surface area contributed by atoms with E-state index in [-0.39, 0.29) is 11.9 Å². The lowest BCUT2D eigenvalue weighted by Gasteiger charge is -2.33. The van der Waals surface area contributed by atoms with Gasteiger partial charge >= 0.3 is 0 Å². The molecule has 3 aromatic rings. The molecule has 1 saturated heterocycles. The zero-order valence-electron chi connectivity index (χ0n) is 15.4. The van der Waals surface area contributed by atoms with Gasteiger partial charge in [-0.05, 0) is 34.1 Å². The number of carbonyl (C=O) groups excluding carboxylic acids is 1. The first-order chi connectivity index (χ1) is 13.7. The number of amides is 1. The largest absolute Gasteiger partial charge is 0.468 e. The van der Waals surface area contributed by atoms with Crippen LogP contribution in [0.25, 0.3) is 11.2 Å². The Morgan fingerprint density at radius 2 is 2.25 bits per heavy atom. The average Bonchev–Trinajstić information content (AvgIpc) is 3.37. The molecule has 0 spiro atoms. The number of fused-ring (bicyclic) bond motifs is 1. The highest BCUT2D eigenvalue weighted by Crippen LogP contribution is 2.22. The van der Waals surface area contributed by atoms with Crippen molar-refractivity contribution in [1.82, 2.24) is 25.2 Å². The minimum absolute atomic E-state index is 0.00982. The Morgan fingerprint density at radius 3 is 3.04 bits per heavy atom. The number of hydrogen-bond acceptors (Lipinski definition) is 6. The lowest BCUT2D eigenvalue weighted by molar-refractivity contribution is -0.121. The molecule has 2 N–H and O–H groups in total. The maximum Gasteiger partial charge on any atom is 0.220 e. The third-order valence-corrected chi connectivity index (χ3v) is 5.23. The Hall–Kier alpha value is -2.23. The number of aromatic nitrogens is 3. The Balaban J connectivity index is 1.32. The number of aromatic amines is 1. The minimum atomic E-state index is -0.0144. The number of H-pyrrole nitrogens is 1. The summed E-state index contributed by atoms with van der Waals surface area (Å²) in [5.41, 5.74) is 1.51. The second kappa shape index (κ2) is 8.85. The second-order valence-electron chi connectivity index (χ2n) is 6.69. The maximum absolute atomic E-state index is 12.4. The molecule has 3 aromatic heterocycles. The van der Waals surface area contributed by atoms with Gasteiger partial charge in [0.2, 0.25) is 5.91 Å². The van der Waals surface area contributed by atoms with Gasteiger partial charge < -0.3 is 19.5 Å². The summed E-state index contributed by atoms with van der Waals surface area (Å²) in [4.78, 5) is 26.6. The number of hydrogen-bond donors (Lipinski definition) is 2. The van der Waals surface area contributed by atoms with Crippen molar-refractivity contribution in [1.29, 1.82) is 0 Å². The van der Waals surface area contributed by atoms with E-state index in [1.165, 1.54) is 0 Å². The number of furan rings is 1. The SMILES string of the molecule is O=C(CCc1nc2ncc(Br)cc2[nH]1)NC[C@@H](c1ccco1)N1CCOCC1. The van der Waals surface area contributed by atoms with Crippen LogP contribution in [0.15, 0.2) is 39.5 Å². The molecule has 1 aliphatic rings. The predicted molar refractivity (Wildman–Crippen MR) is 107 cm³/mol. The van der Waals surface area contributed by atoms with Crippen LogP contribution in [0, 0.1) is 0 Å². The summed E-state index contributed by atoms with van der Waals surface area (Å²) in [5, 5.41) is 3.04. The first-order valence-electron chi connectivity index (χ1n) is 9.31. The molecule has 8 nitrogen and oxygen atoms in total. The number of rotatable bonds is 7. The van der Waals surface area contributed by atoms with Gasteiger partial charge in [0, 0.05) is 43.1 Å². The standard InChI is InChI=1S/C19H22BrN5O3/c20-13-10-14-19(22-11-13)24-17(23-14)3-4-18(26)21-12-15(16-2-1-7-28-16)25-5-8-27-9-6-25/h1-2,7,10-11,15H,3-6,8-9,12H2,(H,21,26)(H,22,23,24)/t15-/m0/s1. The third-order valence-electron chi connectivity index (χ3n) is 4.79. The molecule has 4 heterocycles. The summed E-state index contributed by atoms with van der Waals surface area (Å²) in [6, 6.07) is 5.76. The zero-order valence-corrected chi connectivity index (χ0v) is 16.9. The van der Waals surface area contributed by atoms with Crippen molar-refractivity contribution >= 4 is 33.0 Å². The molecule has 9 heteroatoms. The number of pyridine rings is 1. The number of ether oxygens (including phenoxy) is 1. The van der Waals surface area contributed by atoms with Crippen molar-refractivity contribution in [2.45, 2.75) is 18.9 Å². The van der Waals surface area contributed by atoms with E-state index in [4.69, 9.17) is 9.15 Å². The Bertz CT molecular complexity index is 921. The highest BCUT2D eigenvalue weighted by molar-refractivity contribution is 9.10. The van der Waals surface area contributed by atoms with Crippen LogP contribution in [0.2, 0.25) is 0 Å². The first kappa shape index (κ1) is 19.1. The predicted octanol–water partition coefficient (Wildman–Crippen LogP) is 2.44. The van der Waals surface area contributed by atoms with Crippen molar-refractivity contribution in [2.24, 2.45) is 0 Å². The molecular formula is C19H22BrN5O3. The highest BCUT2D eigenvalue weighted by atomic mass is 79.9. The molecule has 28 heavy (non-hydrogen) atoms. The zero-order chi connectivity index (χ0) is 19.3. The van der Waals surface area contributed by atoms with Crippen LogP contribution in [0.3, 0.4) is 0 Å². The van der Waals surface area contributed by atoms with Crippen molar-refractivity contribution < 1.29 is 13.9 Å². The topological polar surface area (TPSA) is 96.3 Å². The lowest BCUT2D eigenvalue weighted by atomic mass is 10.1. The normalized spacial score (nSPS) is 16.3. The number of carbonyl (C=O) groups is 1. The fourth-order valence-electron chi connectivity index (χ4n) is 3.35. The summed E-state index contributed by atoms with van der Waals surface area (Å²) >= 11 is 3.39. The van der Waals surface area contributed by atoms with Crippen LogP contribution < -0.4 is 5.32 Å². The van der Waals surface area contributed by atoms with Gasteiger partial charge in [0.25, 0.3) is 0 Å². The number of nitrogens with one attached hydrogen (secondary N) is 2. The fourth-order valence-corrected chi connectivity index (χ4v) is 3.68. The molecule has 1 atom stereocenters. The Kier molecular flexibility index (Phi) is 6.04. The number of nitrogens with zero attached hydrogens (tertiary/aromatic N) is 3. The van der Waals surface area contributed by atoms with Gasteiger partial charge in [-0.15, -0.1) is 0 Å². The molecule has 1 fully saturated rings. The second-order valence-corrected chi connectivity index (χ2v) is 7.61. The summed E-state index contributed by atoms with van der Waals surface area (Å²) in [7, 11) is 0. The van der Waals surface area contributed by atoms with E-state index in [2.05, 4.69) is 41.1 Å². The first-order valence-corrected chi connectivity index (χ1v) is 10.1. The van der Waals surface area contributed by atoms with Crippen molar-refractivity contribution in [3.8, 4) is 0 Å². The van der Waals surface area contributed by atoms with Gasteiger partial charge in [-0.2, -0.15) is 0 Å². The van der Waals surface area contributed by atoms with Gasteiger partial charge in [0.15, 0.2) is 5.65 Å². The van der Waals surface area contributed by atoms with Gasteiger partial charge in [0.1, 0.15) is 11.6 Å². The molecule has 1 amide bonds. The molecule has 4 rings (SSSR count). The van der Waals surface area contributed by atoms with Crippen LogP contribution in [0.4, 0.5) is 0 Å². The molecule has 0 aliphatic carbocycles. The molecule has 0 saturated carbocycles. The smallest absolute Gasteiger partial charge is 0.220 e. The van der Waals surface area contributed by atoms with Crippen LogP contribution in [0.5, 0.6) is 0 Å². The molecule has 0 aromatic carbocycles. The Labute approximate surface area is 170 Å². The number of halogens is 1. The molecule has 1 aliphatic heterocycles. The number of morpholine rings is 1. The molecule has 0 bridgehead atoms.